The van der Waals surface area contributed by atoms with E-state index in [0.717, 1.165) is 26.2 Å². The number of carbonyl (C=O) groups is 2. The van der Waals surface area contributed by atoms with Crippen molar-refractivity contribution in [3.05, 3.63) is 11.3 Å². The molecule has 0 bridgehead atoms. The third kappa shape index (κ3) is 5.43. The van der Waals surface area contributed by atoms with E-state index in [1.54, 1.807) is 4.90 Å². The molecule has 0 radical (unpaired) electrons. The van der Waals surface area contributed by atoms with Gasteiger partial charge in [-0.2, -0.15) is 10.2 Å². The Morgan fingerprint density at radius 2 is 1.86 bits per heavy atom. The standard InChI is InChI=1S/C25H37N7O5/c1-7-29(8-2)17-14-31(15-17)23-27-19-18(22(35-6)36-21(19)33)20(28-23)30-11-12-32(16(13-30)9-10-26)24(34)37-25(3,4)5/h16-17,22H,7-9,11-15H2,1-6H3. The normalized spacial score (nSPS) is 22.0. The summed E-state index contributed by atoms with van der Waals surface area (Å²) < 4.78 is 16.4. The Kier molecular flexibility index (Phi) is 7.75. The van der Waals surface area contributed by atoms with Crippen LogP contribution in [0.5, 0.6) is 0 Å². The number of fused-ring (bicyclic) bond motifs is 1. The van der Waals surface area contributed by atoms with Gasteiger partial charge in [0.25, 0.3) is 0 Å². The van der Waals surface area contributed by atoms with Gasteiger partial charge in [-0.1, -0.05) is 13.8 Å². The van der Waals surface area contributed by atoms with Crippen LogP contribution in [0, 0.1) is 11.3 Å². The van der Waals surface area contributed by atoms with Crippen molar-refractivity contribution in [3.63, 3.8) is 0 Å². The van der Waals surface area contributed by atoms with E-state index in [4.69, 9.17) is 19.2 Å². The summed E-state index contributed by atoms with van der Waals surface area (Å²) in [4.78, 5) is 43.1. The molecule has 1 amide bonds. The minimum absolute atomic E-state index is 0.136. The van der Waals surface area contributed by atoms with E-state index in [2.05, 4.69) is 34.7 Å². The topological polar surface area (TPSA) is 124 Å². The number of methoxy groups -OCH3 is 1. The molecule has 3 aliphatic heterocycles. The Morgan fingerprint density at radius 1 is 1.16 bits per heavy atom. The van der Waals surface area contributed by atoms with Gasteiger partial charge in [0.05, 0.1) is 24.1 Å². The number of likely N-dealkylation sites (N-methyl/N-ethyl adjacent to an activating group) is 1. The monoisotopic (exact) mass is 515 g/mol. The number of carbonyl (C=O) groups excluding carboxylic acids is 2. The summed E-state index contributed by atoms with van der Waals surface area (Å²) in [6, 6.07) is 2.19. The highest BCUT2D eigenvalue weighted by molar-refractivity contribution is 5.94. The molecule has 12 heteroatoms. The van der Waals surface area contributed by atoms with Crippen molar-refractivity contribution in [2.24, 2.45) is 0 Å². The van der Waals surface area contributed by atoms with Gasteiger partial charge in [0.1, 0.15) is 11.4 Å². The molecule has 2 atom stereocenters. The molecule has 3 aliphatic rings. The average Bonchev–Trinajstić information content (AvgIpc) is 3.15. The number of aromatic nitrogens is 2. The van der Waals surface area contributed by atoms with Crippen LogP contribution in [0.4, 0.5) is 16.6 Å². The van der Waals surface area contributed by atoms with Crippen LogP contribution in [-0.4, -0.2) is 102 Å². The number of cyclic esters (lactones) is 1. The summed E-state index contributed by atoms with van der Waals surface area (Å²) in [5, 5.41) is 9.48. The fourth-order valence-electron chi connectivity index (χ4n) is 5.06. The maximum absolute atomic E-state index is 12.9. The van der Waals surface area contributed by atoms with Crippen LogP contribution in [0.25, 0.3) is 0 Å². The lowest BCUT2D eigenvalue weighted by atomic mass is 10.1. The van der Waals surface area contributed by atoms with Crippen LogP contribution in [0.1, 0.15) is 63.4 Å². The number of nitrogens with zero attached hydrogens (tertiary/aromatic N) is 7. The van der Waals surface area contributed by atoms with Gasteiger partial charge >= 0.3 is 12.1 Å². The van der Waals surface area contributed by atoms with Gasteiger partial charge in [-0.05, 0) is 33.9 Å². The molecule has 0 saturated carbocycles. The molecule has 2 fully saturated rings. The van der Waals surface area contributed by atoms with Gasteiger partial charge in [0.15, 0.2) is 5.69 Å². The average molecular weight is 516 g/mol. The molecule has 37 heavy (non-hydrogen) atoms. The largest absolute Gasteiger partial charge is 0.444 e. The van der Waals surface area contributed by atoms with Gasteiger partial charge in [-0.25, -0.2) is 14.6 Å². The Hall–Kier alpha value is -3.17. The molecule has 0 aliphatic carbocycles. The SMILES string of the molecule is CCN(CC)C1CN(c2nc3c(c(N4CCN(C(=O)OC(C)(C)C)C(CC#N)C4)n2)C(OC)OC3=O)C1. The van der Waals surface area contributed by atoms with Gasteiger partial charge < -0.3 is 28.9 Å². The molecule has 2 saturated heterocycles. The maximum Gasteiger partial charge on any atom is 0.410 e. The van der Waals surface area contributed by atoms with Gasteiger partial charge in [-0.15, -0.1) is 0 Å². The minimum Gasteiger partial charge on any atom is -0.444 e. The second-order valence-electron chi connectivity index (χ2n) is 10.5. The first-order chi connectivity index (χ1) is 17.6. The van der Waals surface area contributed by atoms with E-state index in [1.165, 1.54) is 7.11 Å². The fraction of sp³-hybridized carbons (Fsp3) is 0.720. The highest BCUT2D eigenvalue weighted by atomic mass is 16.7. The summed E-state index contributed by atoms with van der Waals surface area (Å²) in [6.45, 7) is 14.3. The Bertz CT molecular complexity index is 1060. The van der Waals surface area contributed by atoms with E-state index in [-0.39, 0.29) is 12.1 Å². The quantitative estimate of drug-likeness (QED) is 0.496. The van der Waals surface area contributed by atoms with Crippen LogP contribution < -0.4 is 9.80 Å². The molecule has 12 nitrogen and oxygen atoms in total. The van der Waals surface area contributed by atoms with E-state index in [9.17, 15) is 14.9 Å². The van der Waals surface area contributed by atoms with Crippen molar-refractivity contribution in [2.75, 3.05) is 62.7 Å². The lowest BCUT2D eigenvalue weighted by molar-refractivity contribution is -0.0815. The second-order valence-corrected chi connectivity index (χ2v) is 10.5. The highest BCUT2D eigenvalue weighted by Crippen LogP contribution is 2.39. The molecular weight excluding hydrogens is 478 g/mol. The molecule has 0 aromatic carbocycles. The predicted octanol–water partition coefficient (Wildman–Crippen LogP) is 2.16. The molecule has 1 aromatic rings. The Morgan fingerprint density at radius 3 is 2.46 bits per heavy atom. The lowest BCUT2D eigenvalue weighted by Crippen LogP contribution is -2.60. The van der Waals surface area contributed by atoms with Crippen LogP contribution >= 0.6 is 0 Å². The van der Waals surface area contributed by atoms with Gasteiger partial charge in [0.2, 0.25) is 12.2 Å². The number of anilines is 2. The van der Waals surface area contributed by atoms with Crippen molar-refractivity contribution in [1.29, 1.82) is 5.26 Å². The molecular formula is C25H37N7O5. The Balaban J connectivity index is 1.63. The summed E-state index contributed by atoms with van der Waals surface area (Å²) in [5.74, 6) is 0.460. The van der Waals surface area contributed by atoms with Crippen molar-refractivity contribution < 1.29 is 23.8 Å². The van der Waals surface area contributed by atoms with E-state index < -0.39 is 30.0 Å². The highest BCUT2D eigenvalue weighted by Gasteiger charge is 2.42. The summed E-state index contributed by atoms with van der Waals surface area (Å²) in [6.07, 6.45) is -1.22. The number of hydrogen-bond donors (Lipinski definition) is 0. The number of piperazine rings is 1. The number of ether oxygens (including phenoxy) is 3. The summed E-state index contributed by atoms with van der Waals surface area (Å²) in [7, 11) is 1.47. The van der Waals surface area contributed by atoms with Gasteiger partial charge in [0, 0.05) is 45.9 Å². The molecule has 202 valence electrons. The van der Waals surface area contributed by atoms with Crippen LogP contribution in [0.15, 0.2) is 0 Å². The lowest BCUT2D eigenvalue weighted by Gasteiger charge is -2.45. The predicted molar refractivity (Wildman–Crippen MR) is 135 cm³/mol. The van der Waals surface area contributed by atoms with E-state index in [1.807, 2.05) is 25.7 Å². The summed E-state index contributed by atoms with van der Waals surface area (Å²) in [5.41, 5.74) is 0.0419. The number of hydrogen-bond acceptors (Lipinski definition) is 11. The Labute approximate surface area is 218 Å². The number of rotatable bonds is 7. The smallest absolute Gasteiger partial charge is 0.410 e. The molecule has 4 heterocycles. The maximum atomic E-state index is 12.9. The number of amides is 1. The zero-order chi connectivity index (χ0) is 26.9. The van der Waals surface area contributed by atoms with Gasteiger partial charge in [-0.3, -0.25) is 4.90 Å². The molecule has 4 rings (SSSR count). The second kappa shape index (κ2) is 10.7. The van der Waals surface area contributed by atoms with Crippen LogP contribution in [0.3, 0.4) is 0 Å². The molecule has 0 N–H and O–H groups in total. The molecule has 2 unspecified atom stereocenters. The van der Waals surface area contributed by atoms with Crippen LogP contribution in [0.2, 0.25) is 0 Å². The first-order valence-corrected chi connectivity index (χ1v) is 12.9. The van der Waals surface area contributed by atoms with Crippen molar-refractivity contribution >= 4 is 23.8 Å². The minimum atomic E-state index is -0.912. The third-order valence-electron chi connectivity index (χ3n) is 6.98. The molecule has 0 spiro atoms. The van der Waals surface area contributed by atoms with E-state index >= 15 is 0 Å². The van der Waals surface area contributed by atoms with Crippen molar-refractivity contribution in [2.45, 2.75) is 65.0 Å². The van der Waals surface area contributed by atoms with E-state index in [0.29, 0.717) is 43.0 Å². The third-order valence-corrected chi connectivity index (χ3v) is 6.98. The van der Waals surface area contributed by atoms with Crippen molar-refractivity contribution in [3.8, 4) is 6.07 Å². The summed E-state index contributed by atoms with van der Waals surface area (Å²) >= 11 is 0. The molecule has 1 aromatic heterocycles. The number of nitriles is 1. The fourth-order valence-corrected chi connectivity index (χ4v) is 5.06. The first-order valence-electron chi connectivity index (χ1n) is 12.9. The zero-order valence-corrected chi connectivity index (χ0v) is 22.6. The van der Waals surface area contributed by atoms with Crippen molar-refractivity contribution in [1.82, 2.24) is 19.8 Å². The number of esters is 1. The first kappa shape index (κ1) is 26.9. The zero-order valence-electron chi connectivity index (χ0n) is 22.6. The van der Waals surface area contributed by atoms with Crippen LogP contribution in [-0.2, 0) is 14.2 Å².